The molecule has 5 nitrogen and oxygen atoms in total. The molecule has 0 aromatic heterocycles. The van der Waals surface area contributed by atoms with Gasteiger partial charge in [0.1, 0.15) is 12.4 Å². The van der Waals surface area contributed by atoms with E-state index in [1.807, 2.05) is 30.3 Å². The first-order valence-electron chi connectivity index (χ1n) is 7.07. The van der Waals surface area contributed by atoms with Gasteiger partial charge >= 0.3 is 6.09 Å². The number of hydrogen-bond donors (Lipinski definition) is 1. The maximum atomic E-state index is 12.0. The van der Waals surface area contributed by atoms with Gasteiger partial charge in [0.15, 0.2) is 0 Å². The number of benzene rings is 1. The predicted molar refractivity (Wildman–Crippen MR) is 76.6 cm³/mol. The summed E-state index contributed by atoms with van der Waals surface area (Å²) in [5.74, 6) is 1.41. The molecule has 1 aromatic carbocycles. The number of carbonyl (C=O) groups excluding carboxylic acids is 1. The zero-order chi connectivity index (χ0) is 13.8. The number of ether oxygens (including phenoxy) is 1. The minimum atomic E-state index is -0.227. The number of nitrogens with one attached hydrogen (secondary N) is 1. The van der Waals surface area contributed by atoms with Gasteiger partial charge in [0.25, 0.3) is 0 Å². The average molecular weight is 273 g/mol. The highest BCUT2D eigenvalue weighted by atomic mass is 16.6. The predicted octanol–water partition coefficient (Wildman–Crippen LogP) is 1.65. The van der Waals surface area contributed by atoms with Crippen LogP contribution in [0.15, 0.2) is 35.3 Å². The molecule has 0 aliphatic carbocycles. The van der Waals surface area contributed by atoms with E-state index in [2.05, 4.69) is 10.3 Å². The van der Waals surface area contributed by atoms with E-state index in [1.165, 1.54) is 0 Å². The van der Waals surface area contributed by atoms with Crippen molar-refractivity contribution in [3.8, 4) is 0 Å². The highest BCUT2D eigenvalue weighted by Gasteiger charge is 2.31. The molecule has 1 atom stereocenters. The highest BCUT2D eigenvalue weighted by Crippen LogP contribution is 2.19. The third-order valence-electron chi connectivity index (χ3n) is 3.74. The van der Waals surface area contributed by atoms with E-state index in [9.17, 15) is 4.79 Å². The van der Waals surface area contributed by atoms with Crippen LogP contribution in [0, 0.1) is 5.92 Å². The molecule has 5 heteroatoms. The van der Waals surface area contributed by atoms with Crippen LogP contribution in [0.25, 0.3) is 0 Å². The first-order chi connectivity index (χ1) is 9.83. The second kappa shape index (κ2) is 5.94. The molecular weight excluding hydrogens is 254 g/mol. The van der Waals surface area contributed by atoms with Gasteiger partial charge in [-0.15, -0.1) is 0 Å². The molecule has 1 saturated heterocycles. The van der Waals surface area contributed by atoms with E-state index in [-0.39, 0.29) is 6.09 Å². The van der Waals surface area contributed by atoms with Crippen molar-refractivity contribution in [2.75, 3.05) is 26.2 Å². The highest BCUT2D eigenvalue weighted by molar-refractivity contribution is 5.87. The number of hydrogen-bond acceptors (Lipinski definition) is 4. The Bertz CT molecular complexity index is 501. The summed E-state index contributed by atoms with van der Waals surface area (Å²) in [4.78, 5) is 18.2. The number of nitrogens with zero attached hydrogens (tertiary/aromatic N) is 2. The molecule has 20 heavy (non-hydrogen) atoms. The Kier molecular flexibility index (Phi) is 3.85. The van der Waals surface area contributed by atoms with Gasteiger partial charge in [-0.05, 0) is 12.0 Å². The van der Waals surface area contributed by atoms with Crippen LogP contribution in [0.3, 0.4) is 0 Å². The lowest BCUT2D eigenvalue weighted by atomic mass is 10.1. The van der Waals surface area contributed by atoms with Gasteiger partial charge in [-0.25, -0.2) is 4.79 Å². The van der Waals surface area contributed by atoms with E-state index < -0.39 is 0 Å². The summed E-state index contributed by atoms with van der Waals surface area (Å²) in [5.41, 5.74) is 1.01. The minimum Gasteiger partial charge on any atom is -0.445 e. The van der Waals surface area contributed by atoms with Gasteiger partial charge in [-0.3, -0.25) is 4.99 Å². The number of amides is 1. The standard InChI is InChI=1S/C15H19N3O2/c19-15(20-11-12-4-2-1-3-5-12)18-9-6-13(10-18)14-16-7-8-17-14/h1-5,13H,6-11H2,(H,16,17). The molecule has 3 rings (SSSR count). The van der Waals surface area contributed by atoms with Crippen LogP contribution in [-0.4, -0.2) is 43.0 Å². The van der Waals surface area contributed by atoms with Crippen molar-refractivity contribution >= 4 is 11.9 Å². The van der Waals surface area contributed by atoms with E-state index in [0.29, 0.717) is 19.1 Å². The number of carbonyl (C=O) groups is 1. The third-order valence-corrected chi connectivity index (χ3v) is 3.74. The Morgan fingerprint density at radius 3 is 3.00 bits per heavy atom. The maximum Gasteiger partial charge on any atom is 0.410 e. The smallest absolute Gasteiger partial charge is 0.410 e. The summed E-state index contributed by atoms with van der Waals surface area (Å²) in [6.07, 6.45) is 0.738. The van der Waals surface area contributed by atoms with Gasteiger partial charge in [-0.1, -0.05) is 30.3 Å². The molecule has 106 valence electrons. The van der Waals surface area contributed by atoms with Crippen LogP contribution in [0.2, 0.25) is 0 Å². The molecule has 1 N–H and O–H groups in total. The fraction of sp³-hybridized carbons (Fsp3) is 0.467. The van der Waals surface area contributed by atoms with E-state index in [1.54, 1.807) is 4.90 Å². The van der Waals surface area contributed by atoms with Crippen molar-refractivity contribution in [1.29, 1.82) is 0 Å². The monoisotopic (exact) mass is 273 g/mol. The SMILES string of the molecule is O=C(OCc1ccccc1)N1CCC(C2=NCCN2)C1. The Hall–Kier alpha value is -2.04. The van der Waals surface area contributed by atoms with Crippen molar-refractivity contribution in [2.45, 2.75) is 13.0 Å². The van der Waals surface area contributed by atoms with Crippen LogP contribution < -0.4 is 5.32 Å². The van der Waals surface area contributed by atoms with Crippen LogP contribution in [0.5, 0.6) is 0 Å². The molecule has 0 saturated carbocycles. The zero-order valence-electron chi connectivity index (χ0n) is 11.4. The van der Waals surface area contributed by atoms with Crippen LogP contribution in [-0.2, 0) is 11.3 Å². The second-order valence-corrected chi connectivity index (χ2v) is 5.17. The van der Waals surface area contributed by atoms with Crippen LogP contribution in [0.4, 0.5) is 4.79 Å². The summed E-state index contributed by atoms with van der Waals surface area (Å²) in [7, 11) is 0. The molecule has 1 aromatic rings. The molecule has 0 bridgehead atoms. The van der Waals surface area contributed by atoms with Crippen LogP contribution in [0.1, 0.15) is 12.0 Å². The lowest BCUT2D eigenvalue weighted by Crippen LogP contribution is -2.33. The average Bonchev–Trinajstić information content (AvgIpc) is 3.16. The van der Waals surface area contributed by atoms with Gasteiger partial charge in [0, 0.05) is 25.6 Å². The molecule has 2 aliphatic heterocycles. The molecule has 1 amide bonds. The first kappa shape index (κ1) is 13.0. The largest absolute Gasteiger partial charge is 0.445 e. The number of likely N-dealkylation sites (tertiary alicyclic amines) is 1. The Balaban J connectivity index is 1.49. The second-order valence-electron chi connectivity index (χ2n) is 5.17. The molecule has 2 aliphatic rings. The maximum absolute atomic E-state index is 12.0. The van der Waals surface area contributed by atoms with Crippen molar-refractivity contribution in [3.05, 3.63) is 35.9 Å². The summed E-state index contributed by atoms with van der Waals surface area (Å²) >= 11 is 0. The fourth-order valence-electron chi connectivity index (χ4n) is 2.65. The normalized spacial score (nSPS) is 21.5. The molecule has 1 unspecified atom stereocenters. The first-order valence-corrected chi connectivity index (χ1v) is 7.07. The summed E-state index contributed by atoms with van der Waals surface area (Å²) in [6.45, 7) is 3.56. The van der Waals surface area contributed by atoms with E-state index in [4.69, 9.17) is 4.74 Å². The summed E-state index contributed by atoms with van der Waals surface area (Å²) in [5, 5.41) is 3.29. The Morgan fingerprint density at radius 1 is 1.40 bits per heavy atom. The molecule has 0 spiro atoms. The molecular formula is C15H19N3O2. The lowest BCUT2D eigenvalue weighted by Gasteiger charge is -2.16. The van der Waals surface area contributed by atoms with Gasteiger partial charge < -0.3 is 15.0 Å². The molecule has 1 fully saturated rings. The molecule has 2 heterocycles. The van der Waals surface area contributed by atoms with Gasteiger partial charge in [0.2, 0.25) is 0 Å². The summed E-state index contributed by atoms with van der Waals surface area (Å²) in [6, 6.07) is 9.75. The number of aliphatic imine (C=N–C) groups is 1. The topological polar surface area (TPSA) is 53.9 Å². The molecule has 0 radical (unpaired) electrons. The van der Waals surface area contributed by atoms with Crippen molar-refractivity contribution < 1.29 is 9.53 Å². The fourth-order valence-corrected chi connectivity index (χ4v) is 2.65. The van der Waals surface area contributed by atoms with E-state index in [0.717, 1.165) is 37.5 Å². The quantitative estimate of drug-likeness (QED) is 0.911. The van der Waals surface area contributed by atoms with Crippen molar-refractivity contribution in [3.63, 3.8) is 0 Å². The third kappa shape index (κ3) is 2.92. The van der Waals surface area contributed by atoms with Gasteiger partial charge in [-0.2, -0.15) is 0 Å². The van der Waals surface area contributed by atoms with E-state index >= 15 is 0 Å². The zero-order valence-corrected chi connectivity index (χ0v) is 11.4. The number of amidine groups is 1. The Labute approximate surface area is 118 Å². The summed E-state index contributed by atoms with van der Waals surface area (Å²) < 4.78 is 5.35. The number of rotatable bonds is 3. The minimum absolute atomic E-state index is 0.227. The van der Waals surface area contributed by atoms with Crippen LogP contribution >= 0.6 is 0 Å². The van der Waals surface area contributed by atoms with Crippen molar-refractivity contribution in [1.82, 2.24) is 10.2 Å². The Morgan fingerprint density at radius 2 is 2.25 bits per heavy atom. The lowest BCUT2D eigenvalue weighted by molar-refractivity contribution is 0.104. The van der Waals surface area contributed by atoms with Crippen molar-refractivity contribution in [2.24, 2.45) is 10.9 Å². The van der Waals surface area contributed by atoms with Gasteiger partial charge in [0.05, 0.1) is 6.54 Å².